The highest BCUT2D eigenvalue weighted by atomic mass is 16.6. The Morgan fingerprint density at radius 2 is 1.92 bits per heavy atom. The lowest BCUT2D eigenvalue weighted by Gasteiger charge is -2.12. The molecule has 0 bridgehead atoms. The molecular weight excluding hydrogens is 316 g/mol. The first kappa shape index (κ1) is 16.8. The van der Waals surface area contributed by atoms with E-state index in [0.717, 1.165) is 6.07 Å². The minimum atomic E-state index is -0.631. The Morgan fingerprint density at radius 3 is 2.50 bits per heavy atom. The molecule has 2 rings (SSSR count). The number of nitriles is 1. The number of rotatable bonds is 5. The minimum absolute atomic E-state index is 0.0390. The van der Waals surface area contributed by atoms with E-state index in [9.17, 15) is 14.9 Å². The van der Waals surface area contributed by atoms with Gasteiger partial charge in [0.1, 0.15) is 34.4 Å². The number of methoxy groups -OCH3 is 2. The van der Waals surface area contributed by atoms with Gasteiger partial charge in [-0.25, -0.2) is 4.79 Å². The van der Waals surface area contributed by atoms with Gasteiger partial charge in [0.15, 0.2) is 0 Å². The quantitative estimate of drug-likeness (QED) is 0.471. The minimum Gasteiger partial charge on any atom is -0.497 e. The van der Waals surface area contributed by atoms with Gasteiger partial charge in [0.2, 0.25) is 0 Å². The van der Waals surface area contributed by atoms with Crippen molar-refractivity contribution >= 4 is 11.7 Å². The van der Waals surface area contributed by atoms with Crippen molar-refractivity contribution in [1.82, 2.24) is 0 Å². The second kappa shape index (κ2) is 7.11. The van der Waals surface area contributed by atoms with Crippen molar-refractivity contribution in [3.63, 3.8) is 0 Å². The van der Waals surface area contributed by atoms with Crippen LogP contribution in [0.1, 0.15) is 15.9 Å². The Balaban J connectivity index is 2.49. The highest BCUT2D eigenvalue weighted by molar-refractivity contribution is 5.92. The van der Waals surface area contributed by atoms with Crippen LogP contribution in [-0.4, -0.2) is 25.1 Å². The van der Waals surface area contributed by atoms with Gasteiger partial charge < -0.3 is 14.2 Å². The number of hydrogen-bond donors (Lipinski definition) is 0. The lowest BCUT2D eigenvalue weighted by Crippen LogP contribution is -2.04. The molecule has 8 heteroatoms. The van der Waals surface area contributed by atoms with Crippen LogP contribution in [0.3, 0.4) is 0 Å². The molecule has 0 amide bonds. The first-order valence-corrected chi connectivity index (χ1v) is 6.63. The molecule has 0 aliphatic carbocycles. The number of ether oxygens (including phenoxy) is 3. The van der Waals surface area contributed by atoms with Crippen molar-refractivity contribution in [1.29, 1.82) is 5.26 Å². The van der Waals surface area contributed by atoms with Crippen LogP contribution >= 0.6 is 0 Å². The number of non-ortho nitro benzene ring substituents is 1. The van der Waals surface area contributed by atoms with Gasteiger partial charge in [-0.05, 0) is 18.2 Å². The molecule has 2 aromatic rings. The maximum absolute atomic E-state index is 11.8. The lowest BCUT2D eigenvalue weighted by atomic mass is 10.1. The summed E-state index contributed by atoms with van der Waals surface area (Å²) in [5.41, 5.74) is -0.152. The molecule has 0 atom stereocenters. The highest BCUT2D eigenvalue weighted by Gasteiger charge is 2.18. The number of esters is 1. The molecule has 0 radical (unpaired) electrons. The molecule has 0 saturated carbocycles. The van der Waals surface area contributed by atoms with E-state index in [-0.39, 0.29) is 28.3 Å². The van der Waals surface area contributed by atoms with E-state index in [4.69, 9.17) is 14.7 Å². The van der Waals surface area contributed by atoms with Gasteiger partial charge in [0, 0.05) is 18.2 Å². The van der Waals surface area contributed by atoms with Crippen LogP contribution in [0.15, 0.2) is 36.4 Å². The monoisotopic (exact) mass is 328 g/mol. The Morgan fingerprint density at radius 1 is 1.17 bits per heavy atom. The molecule has 122 valence electrons. The van der Waals surface area contributed by atoms with Gasteiger partial charge in [0.25, 0.3) is 5.69 Å². The van der Waals surface area contributed by atoms with Crippen LogP contribution in [0, 0.1) is 21.4 Å². The van der Waals surface area contributed by atoms with Crippen LogP contribution in [0.2, 0.25) is 0 Å². The lowest BCUT2D eigenvalue weighted by molar-refractivity contribution is -0.384. The number of carbonyl (C=O) groups is 1. The second-order valence-corrected chi connectivity index (χ2v) is 4.51. The molecule has 0 saturated heterocycles. The summed E-state index contributed by atoms with van der Waals surface area (Å²) in [6.45, 7) is 0. The first-order valence-electron chi connectivity index (χ1n) is 6.63. The third-order valence-electron chi connectivity index (χ3n) is 3.11. The van der Waals surface area contributed by atoms with Gasteiger partial charge in [-0.2, -0.15) is 5.26 Å². The number of hydrogen-bond acceptors (Lipinski definition) is 7. The van der Waals surface area contributed by atoms with Crippen molar-refractivity contribution in [3.05, 3.63) is 57.6 Å². The van der Waals surface area contributed by atoms with Crippen molar-refractivity contribution in [2.24, 2.45) is 0 Å². The summed E-state index contributed by atoms with van der Waals surface area (Å²) in [5.74, 6) is -0.0285. The van der Waals surface area contributed by atoms with Crippen LogP contribution in [0.5, 0.6) is 17.2 Å². The summed E-state index contributed by atoms with van der Waals surface area (Å²) in [7, 11) is 2.67. The normalized spacial score (nSPS) is 9.71. The maximum Gasteiger partial charge on any atom is 0.341 e. The van der Waals surface area contributed by atoms with Crippen molar-refractivity contribution in [2.75, 3.05) is 14.2 Å². The zero-order valence-electron chi connectivity index (χ0n) is 12.8. The van der Waals surface area contributed by atoms with E-state index in [1.54, 1.807) is 6.07 Å². The molecule has 0 spiro atoms. The average Bonchev–Trinajstić information content (AvgIpc) is 2.61. The zero-order valence-corrected chi connectivity index (χ0v) is 12.8. The molecule has 24 heavy (non-hydrogen) atoms. The fourth-order valence-corrected chi connectivity index (χ4v) is 1.92. The molecule has 0 N–H and O–H groups in total. The number of benzene rings is 2. The fourth-order valence-electron chi connectivity index (χ4n) is 1.92. The van der Waals surface area contributed by atoms with Crippen molar-refractivity contribution < 1.29 is 23.9 Å². The van der Waals surface area contributed by atoms with Crippen LogP contribution in [0.4, 0.5) is 5.69 Å². The SMILES string of the molecule is COC(=O)c1ccc(OC)cc1Oc1ccc([N+](=O)[O-])cc1C#N. The molecule has 0 aliphatic rings. The Kier molecular flexibility index (Phi) is 4.96. The van der Waals surface area contributed by atoms with Gasteiger partial charge in [0.05, 0.1) is 19.1 Å². The summed E-state index contributed by atoms with van der Waals surface area (Å²) in [4.78, 5) is 22.0. The predicted molar refractivity (Wildman–Crippen MR) is 82.2 cm³/mol. The number of nitro benzene ring substituents is 1. The summed E-state index contributed by atoms with van der Waals surface area (Å²) in [6.07, 6.45) is 0. The van der Waals surface area contributed by atoms with E-state index < -0.39 is 10.9 Å². The van der Waals surface area contributed by atoms with E-state index in [1.165, 1.54) is 38.5 Å². The molecule has 2 aromatic carbocycles. The molecular formula is C16H12N2O6. The third-order valence-corrected chi connectivity index (χ3v) is 3.11. The zero-order chi connectivity index (χ0) is 17.7. The van der Waals surface area contributed by atoms with E-state index >= 15 is 0 Å². The Bertz CT molecular complexity index is 841. The molecule has 8 nitrogen and oxygen atoms in total. The Hall–Kier alpha value is -3.60. The summed E-state index contributed by atoms with van der Waals surface area (Å²) in [5, 5.41) is 19.9. The first-order chi connectivity index (χ1) is 11.5. The van der Waals surface area contributed by atoms with Gasteiger partial charge >= 0.3 is 5.97 Å². The number of carbonyl (C=O) groups excluding carboxylic acids is 1. The van der Waals surface area contributed by atoms with Gasteiger partial charge in [-0.1, -0.05) is 0 Å². The molecule has 0 aliphatic heterocycles. The maximum atomic E-state index is 11.8. The molecule has 0 aromatic heterocycles. The van der Waals surface area contributed by atoms with E-state index in [1.807, 2.05) is 6.07 Å². The highest BCUT2D eigenvalue weighted by Crippen LogP contribution is 2.33. The fraction of sp³-hybridized carbons (Fsp3) is 0.125. The van der Waals surface area contributed by atoms with Crippen molar-refractivity contribution in [2.45, 2.75) is 0 Å². The van der Waals surface area contributed by atoms with Gasteiger partial charge in [-0.15, -0.1) is 0 Å². The van der Waals surface area contributed by atoms with E-state index in [2.05, 4.69) is 4.74 Å². The second-order valence-electron chi connectivity index (χ2n) is 4.51. The largest absolute Gasteiger partial charge is 0.497 e. The van der Waals surface area contributed by atoms with Crippen LogP contribution in [-0.2, 0) is 4.74 Å². The predicted octanol–water partition coefficient (Wildman–Crippen LogP) is 3.05. The van der Waals surface area contributed by atoms with Crippen molar-refractivity contribution in [3.8, 4) is 23.3 Å². The summed E-state index contributed by atoms with van der Waals surface area (Å²) >= 11 is 0. The summed E-state index contributed by atoms with van der Waals surface area (Å²) < 4.78 is 15.4. The molecule has 0 heterocycles. The van der Waals surface area contributed by atoms with Crippen LogP contribution < -0.4 is 9.47 Å². The smallest absolute Gasteiger partial charge is 0.341 e. The number of nitrogens with zero attached hydrogens (tertiary/aromatic N) is 2. The Labute approximate surface area is 136 Å². The van der Waals surface area contributed by atoms with Gasteiger partial charge in [-0.3, -0.25) is 10.1 Å². The molecule has 0 unspecified atom stereocenters. The summed E-state index contributed by atoms with van der Waals surface area (Å²) in [6, 6.07) is 9.87. The average molecular weight is 328 g/mol. The topological polar surface area (TPSA) is 112 Å². The number of nitro groups is 1. The van der Waals surface area contributed by atoms with Crippen LogP contribution in [0.25, 0.3) is 0 Å². The standard InChI is InChI=1S/C16H12N2O6/c1-22-12-4-5-13(16(19)23-2)15(8-12)24-14-6-3-11(18(20)21)7-10(14)9-17/h3-8H,1-2H3. The molecule has 0 fully saturated rings. The van der Waals surface area contributed by atoms with E-state index in [0.29, 0.717) is 5.75 Å². The third kappa shape index (κ3) is 3.41.